The molecule has 2 aromatic carbocycles. The lowest BCUT2D eigenvalue weighted by atomic mass is 10.00. The summed E-state index contributed by atoms with van der Waals surface area (Å²) in [6.07, 6.45) is 0.809. The first-order chi connectivity index (χ1) is 16.3. The fourth-order valence-electron chi connectivity index (χ4n) is 4.20. The molecule has 4 rings (SSSR count). The van der Waals surface area contributed by atoms with Crippen LogP contribution in [0.3, 0.4) is 0 Å². The number of rotatable bonds is 7. The van der Waals surface area contributed by atoms with Crippen molar-refractivity contribution in [3.05, 3.63) is 86.6 Å². The summed E-state index contributed by atoms with van der Waals surface area (Å²) in [5.74, 6) is 0.491. The van der Waals surface area contributed by atoms with Crippen LogP contribution < -0.4 is 4.74 Å². The summed E-state index contributed by atoms with van der Waals surface area (Å²) < 4.78 is 6.11. The third-order valence-electron chi connectivity index (χ3n) is 6.11. The van der Waals surface area contributed by atoms with Crippen molar-refractivity contribution >= 4 is 34.8 Å². The van der Waals surface area contributed by atoms with Crippen LogP contribution in [0.1, 0.15) is 46.3 Å². The number of amides is 2. The van der Waals surface area contributed by atoms with E-state index in [4.69, 9.17) is 16.3 Å². The molecule has 0 spiro atoms. The van der Waals surface area contributed by atoms with Gasteiger partial charge in [0.25, 0.3) is 5.91 Å². The van der Waals surface area contributed by atoms with Gasteiger partial charge in [0, 0.05) is 28.0 Å². The second-order valence-corrected chi connectivity index (χ2v) is 10.3. The smallest absolute Gasteiger partial charge is 0.254 e. The number of benzene rings is 2. The fraction of sp³-hybridized carbons (Fsp3) is 0.333. The summed E-state index contributed by atoms with van der Waals surface area (Å²) in [6, 6.07) is 16.5. The Morgan fingerprint density at radius 1 is 1.18 bits per heavy atom. The summed E-state index contributed by atoms with van der Waals surface area (Å²) in [6.45, 7) is 6.84. The molecular weight excluding hydrogens is 468 g/mol. The molecule has 7 heteroatoms. The molecule has 0 N–H and O–H groups in total. The van der Waals surface area contributed by atoms with E-state index in [0.29, 0.717) is 23.7 Å². The number of hydrogen-bond acceptors (Lipinski definition) is 4. The van der Waals surface area contributed by atoms with Gasteiger partial charge in [-0.1, -0.05) is 35.4 Å². The number of halogens is 1. The first-order valence-corrected chi connectivity index (χ1v) is 12.7. The van der Waals surface area contributed by atoms with E-state index in [0.717, 1.165) is 17.7 Å². The van der Waals surface area contributed by atoms with Crippen molar-refractivity contribution in [1.29, 1.82) is 0 Å². The quantitative estimate of drug-likeness (QED) is 0.417. The van der Waals surface area contributed by atoms with Crippen LogP contribution in [-0.4, -0.2) is 47.4 Å². The van der Waals surface area contributed by atoms with E-state index in [2.05, 4.69) is 11.4 Å². The molecule has 1 atom stereocenters. The number of nitrogens with zero attached hydrogens (tertiary/aromatic N) is 2. The number of thiophene rings is 1. The molecule has 0 bridgehead atoms. The zero-order valence-electron chi connectivity index (χ0n) is 19.7. The van der Waals surface area contributed by atoms with Gasteiger partial charge in [-0.15, -0.1) is 11.3 Å². The highest BCUT2D eigenvalue weighted by Crippen LogP contribution is 2.34. The highest BCUT2D eigenvalue weighted by Gasteiger charge is 2.34. The van der Waals surface area contributed by atoms with Gasteiger partial charge in [0.05, 0.1) is 6.04 Å². The molecule has 3 aromatic rings. The summed E-state index contributed by atoms with van der Waals surface area (Å²) in [4.78, 5) is 31.5. The molecule has 0 unspecified atom stereocenters. The first-order valence-electron chi connectivity index (χ1n) is 11.4. The second-order valence-electron chi connectivity index (χ2n) is 8.81. The Morgan fingerprint density at radius 3 is 2.65 bits per heavy atom. The van der Waals surface area contributed by atoms with Crippen molar-refractivity contribution in [3.63, 3.8) is 0 Å². The number of carbonyl (C=O) groups is 2. The molecule has 0 aliphatic carbocycles. The van der Waals surface area contributed by atoms with Crippen molar-refractivity contribution in [1.82, 2.24) is 9.80 Å². The van der Waals surface area contributed by atoms with Crippen molar-refractivity contribution in [2.45, 2.75) is 39.3 Å². The SMILES string of the molecule is Cc1ccc(OC[C@H]2c3ccsc3CCN2C(=O)CN(C(=O)c2cccc(Cl)c2)C(C)C)cc1. The summed E-state index contributed by atoms with van der Waals surface area (Å²) in [5.41, 5.74) is 2.78. The van der Waals surface area contributed by atoms with Crippen LogP contribution in [0.2, 0.25) is 5.02 Å². The average Bonchev–Trinajstić information content (AvgIpc) is 3.30. The maximum Gasteiger partial charge on any atom is 0.254 e. The van der Waals surface area contributed by atoms with Gasteiger partial charge in [0.2, 0.25) is 5.91 Å². The minimum atomic E-state index is -0.202. The van der Waals surface area contributed by atoms with Gasteiger partial charge < -0.3 is 14.5 Å². The Balaban J connectivity index is 1.53. The molecule has 2 amide bonds. The molecular formula is C27H29ClN2O3S. The molecule has 0 fully saturated rings. The Hall–Kier alpha value is -2.83. The molecule has 0 saturated heterocycles. The molecule has 178 valence electrons. The topological polar surface area (TPSA) is 49.9 Å². The van der Waals surface area contributed by atoms with E-state index in [1.165, 1.54) is 10.4 Å². The molecule has 1 aliphatic rings. The number of fused-ring (bicyclic) bond motifs is 1. The minimum absolute atomic E-state index is 0.00349. The van der Waals surface area contributed by atoms with Crippen LogP contribution in [-0.2, 0) is 11.2 Å². The highest BCUT2D eigenvalue weighted by molar-refractivity contribution is 7.10. The number of hydrogen-bond donors (Lipinski definition) is 0. The lowest BCUT2D eigenvalue weighted by molar-refractivity contribution is -0.136. The molecule has 1 aromatic heterocycles. The second kappa shape index (κ2) is 10.6. The first kappa shape index (κ1) is 24.3. The van der Waals surface area contributed by atoms with E-state index in [-0.39, 0.29) is 30.4 Å². The van der Waals surface area contributed by atoms with Gasteiger partial charge in [-0.25, -0.2) is 0 Å². The molecule has 1 aliphatic heterocycles. The van der Waals surface area contributed by atoms with Crippen LogP contribution in [0, 0.1) is 6.92 Å². The highest BCUT2D eigenvalue weighted by atomic mass is 35.5. The van der Waals surface area contributed by atoms with Crippen LogP contribution in [0.4, 0.5) is 0 Å². The third-order valence-corrected chi connectivity index (χ3v) is 7.34. The summed E-state index contributed by atoms with van der Waals surface area (Å²) in [7, 11) is 0. The van der Waals surface area contributed by atoms with Crippen molar-refractivity contribution in [3.8, 4) is 5.75 Å². The zero-order valence-corrected chi connectivity index (χ0v) is 21.2. The van der Waals surface area contributed by atoms with Gasteiger partial charge >= 0.3 is 0 Å². The Morgan fingerprint density at radius 2 is 1.94 bits per heavy atom. The maximum absolute atomic E-state index is 13.6. The Bertz CT molecular complexity index is 1160. The Labute approximate surface area is 209 Å². The predicted molar refractivity (Wildman–Crippen MR) is 137 cm³/mol. The van der Waals surface area contributed by atoms with E-state index in [1.54, 1.807) is 40.5 Å². The van der Waals surface area contributed by atoms with E-state index < -0.39 is 0 Å². The third kappa shape index (κ3) is 5.45. The summed E-state index contributed by atoms with van der Waals surface area (Å²) >= 11 is 7.81. The van der Waals surface area contributed by atoms with Gasteiger partial charge in [-0.3, -0.25) is 9.59 Å². The number of aryl methyl sites for hydroxylation is 1. The van der Waals surface area contributed by atoms with Gasteiger partial charge in [-0.2, -0.15) is 0 Å². The van der Waals surface area contributed by atoms with Gasteiger partial charge in [-0.05, 0) is 74.5 Å². The molecule has 0 radical (unpaired) electrons. The predicted octanol–water partition coefficient (Wildman–Crippen LogP) is 5.77. The van der Waals surface area contributed by atoms with Crippen LogP contribution >= 0.6 is 22.9 Å². The number of ether oxygens (including phenoxy) is 1. The number of carbonyl (C=O) groups excluding carboxylic acids is 2. The largest absolute Gasteiger partial charge is 0.491 e. The monoisotopic (exact) mass is 496 g/mol. The molecule has 34 heavy (non-hydrogen) atoms. The van der Waals surface area contributed by atoms with Crippen molar-refractivity contribution in [2.75, 3.05) is 19.7 Å². The normalized spacial score (nSPS) is 15.2. The molecule has 0 saturated carbocycles. The standard InChI is InChI=1S/C27H29ClN2O3S/c1-18(2)30(27(32)20-5-4-6-21(28)15-20)16-26(31)29-13-11-25-23(12-14-34-25)24(29)17-33-22-9-7-19(3)8-10-22/h4-10,12,14-15,18,24H,11,13,16-17H2,1-3H3/t24-/m0/s1. The van der Waals surface area contributed by atoms with Crippen molar-refractivity contribution in [2.24, 2.45) is 0 Å². The zero-order chi connectivity index (χ0) is 24.2. The lowest BCUT2D eigenvalue weighted by Crippen LogP contribution is -2.49. The van der Waals surface area contributed by atoms with Gasteiger partial charge in [0.1, 0.15) is 18.9 Å². The maximum atomic E-state index is 13.6. The van der Waals surface area contributed by atoms with Crippen LogP contribution in [0.25, 0.3) is 0 Å². The Kier molecular flexibility index (Phi) is 7.59. The van der Waals surface area contributed by atoms with E-state index in [1.807, 2.05) is 49.9 Å². The molecule has 2 heterocycles. The van der Waals surface area contributed by atoms with E-state index in [9.17, 15) is 9.59 Å². The van der Waals surface area contributed by atoms with Crippen LogP contribution in [0.15, 0.2) is 60.0 Å². The fourth-order valence-corrected chi connectivity index (χ4v) is 5.32. The average molecular weight is 497 g/mol. The van der Waals surface area contributed by atoms with Crippen molar-refractivity contribution < 1.29 is 14.3 Å². The summed E-state index contributed by atoms with van der Waals surface area (Å²) in [5, 5.41) is 2.57. The minimum Gasteiger partial charge on any atom is -0.491 e. The van der Waals surface area contributed by atoms with Crippen LogP contribution in [0.5, 0.6) is 5.75 Å². The van der Waals surface area contributed by atoms with Gasteiger partial charge in [0.15, 0.2) is 0 Å². The van der Waals surface area contributed by atoms with E-state index >= 15 is 0 Å². The lowest BCUT2D eigenvalue weighted by Gasteiger charge is -2.37. The molecule has 5 nitrogen and oxygen atoms in total.